The van der Waals surface area contributed by atoms with Gasteiger partial charge in [0, 0.05) is 69.2 Å². The van der Waals surface area contributed by atoms with E-state index in [1.54, 1.807) is 0 Å². The van der Waals surface area contributed by atoms with Gasteiger partial charge in [-0.3, -0.25) is 4.90 Å². The third kappa shape index (κ3) is 5.53. The Labute approximate surface area is 221 Å². The minimum absolute atomic E-state index is 0.0906. The average molecular weight is 513 g/mol. The van der Waals surface area contributed by atoms with Crippen LogP contribution in [0.25, 0.3) is 10.9 Å². The summed E-state index contributed by atoms with van der Waals surface area (Å²) in [5.74, 6) is -1.22. The Balaban J connectivity index is 1.42. The van der Waals surface area contributed by atoms with E-state index in [1.807, 2.05) is 42.5 Å². The van der Waals surface area contributed by atoms with Crippen molar-refractivity contribution in [2.45, 2.75) is 0 Å². The maximum Gasteiger partial charge on any atom is 0.354 e. The van der Waals surface area contributed by atoms with Crippen molar-refractivity contribution in [2.24, 2.45) is 4.99 Å². The van der Waals surface area contributed by atoms with Gasteiger partial charge in [-0.2, -0.15) is 0 Å². The van der Waals surface area contributed by atoms with Gasteiger partial charge in [0.15, 0.2) is 5.88 Å². The smallest absolute Gasteiger partial charge is 0.354 e. The van der Waals surface area contributed by atoms with Gasteiger partial charge in [0.25, 0.3) is 0 Å². The number of anilines is 1. The second-order valence-corrected chi connectivity index (χ2v) is 9.68. The van der Waals surface area contributed by atoms with E-state index >= 15 is 0 Å². The monoisotopic (exact) mass is 512 g/mol. The van der Waals surface area contributed by atoms with Gasteiger partial charge < -0.3 is 25.0 Å². The second-order valence-electron chi connectivity index (χ2n) is 9.68. The first-order chi connectivity index (χ1) is 18.4. The molecule has 196 valence electrons. The predicted molar refractivity (Wildman–Crippen MR) is 150 cm³/mol. The molecule has 0 bridgehead atoms. The molecule has 1 aliphatic heterocycles. The van der Waals surface area contributed by atoms with Crippen molar-refractivity contribution in [2.75, 3.05) is 58.3 Å². The summed E-state index contributed by atoms with van der Waals surface area (Å²) in [5, 5.41) is 20.7. The predicted octanol–water partition coefficient (Wildman–Crippen LogP) is 3.82. The number of benzene rings is 2. The zero-order valence-electron chi connectivity index (χ0n) is 21.6. The first-order valence-electron chi connectivity index (χ1n) is 12.7. The number of hydrogen-bond donors (Lipinski definition) is 3. The van der Waals surface area contributed by atoms with E-state index in [9.17, 15) is 15.0 Å². The number of aromatic carboxylic acids is 1. The topological polar surface area (TPSA) is 108 Å². The van der Waals surface area contributed by atoms with Crippen LogP contribution in [0.1, 0.15) is 21.6 Å². The second kappa shape index (κ2) is 11.0. The number of carboxylic acids is 1. The van der Waals surface area contributed by atoms with Gasteiger partial charge in [0.1, 0.15) is 5.69 Å². The van der Waals surface area contributed by atoms with E-state index in [1.165, 1.54) is 12.3 Å². The van der Waals surface area contributed by atoms with Crippen LogP contribution >= 0.6 is 0 Å². The Kier molecular flexibility index (Phi) is 7.39. The molecule has 0 spiro atoms. The Morgan fingerprint density at radius 1 is 1.08 bits per heavy atom. The lowest BCUT2D eigenvalue weighted by Crippen LogP contribution is -2.46. The van der Waals surface area contributed by atoms with Crippen molar-refractivity contribution in [3.8, 4) is 5.88 Å². The highest BCUT2D eigenvalue weighted by atomic mass is 16.4. The molecule has 1 saturated heterocycles. The van der Waals surface area contributed by atoms with Crippen molar-refractivity contribution in [3.05, 3.63) is 83.7 Å². The average Bonchev–Trinajstić information content (AvgIpc) is 3.26. The largest absolute Gasteiger partial charge is 0.494 e. The lowest BCUT2D eigenvalue weighted by atomic mass is 10.0. The molecule has 1 aliphatic rings. The number of fused-ring (bicyclic) bond motifs is 1. The Morgan fingerprint density at radius 2 is 1.79 bits per heavy atom. The summed E-state index contributed by atoms with van der Waals surface area (Å²) < 4.78 is 0. The summed E-state index contributed by atoms with van der Waals surface area (Å²) in [7, 11) is 4.27. The number of likely N-dealkylation sites (N-methyl/N-ethyl adjacent to an activating group) is 2. The number of aromatic amines is 1. The number of hydrogen-bond acceptors (Lipinski definition) is 7. The Morgan fingerprint density at radius 3 is 2.47 bits per heavy atom. The number of nitrogens with one attached hydrogen (secondary N) is 1. The summed E-state index contributed by atoms with van der Waals surface area (Å²) in [5.41, 5.74) is 4.09. The standard InChI is InChI=1S/C29H32N6O3/c1-33-12-15-35(16-13-33)17-14-34(2)22-10-8-21(9-11-22)31-27(20-6-4-3-5-7-20)26-23-19-30-25(29(37)38)18-24(23)32-28(26)36/h3-11,18-19,32,36H,12-17H2,1-2H3,(H,37,38). The van der Waals surface area contributed by atoms with Crippen molar-refractivity contribution in [1.29, 1.82) is 0 Å². The first-order valence-corrected chi connectivity index (χ1v) is 12.7. The normalized spacial score (nSPS) is 15.2. The highest BCUT2D eigenvalue weighted by Crippen LogP contribution is 2.32. The van der Waals surface area contributed by atoms with Gasteiger partial charge in [-0.05, 0) is 37.4 Å². The molecule has 38 heavy (non-hydrogen) atoms. The molecular formula is C29H32N6O3. The van der Waals surface area contributed by atoms with E-state index in [2.05, 4.69) is 50.9 Å². The SMILES string of the molecule is CN1CCN(CCN(C)c2ccc(N=C(c3ccccc3)c3c(O)[nH]c4cc(C(=O)O)ncc34)cc2)CC1. The molecule has 0 radical (unpaired) electrons. The van der Waals surface area contributed by atoms with Crippen LogP contribution in [0, 0.1) is 0 Å². The molecule has 2 aromatic heterocycles. The van der Waals surface area contributed by atoms with Gasteiger partial charge in [0.2, 0.25) is 0 Å². The minimum atomic E-state index is -1.13. The van der Waals surface area contributed by atoms with E-state index in [4.69, 9.17) is 4.99 Å². The molecule has 0 unspecified atom stereocenters. The van der Waals surface area contributed by atoms with Gasteiger partial charge in [-0.15, -0.1) is 0 Å². The van der Waals surface area contributed by atoms with Crippen molar-refractivity contribution >= 4 is 34.0 Å². The van der Waals surface area contributed by atoms with Crippen molar-refractivity contribution < 1.29 is 15.0 Å². The van der Waals surface area contributed by atoms with Crippen LogP contribution < -0.4 is 4.90 Å². The Bertz CT molecular complexity index is 1440. The molecular weight excluding hydrogens is 480 g/mol. The van der Waals surface area contributed by atoms with E-state index in [0.717, 1.165) is 56.2 Å². The van der Waals surface area contributed by atoms with Crippen LogP contribution in [-0.4, -0.2) is 95.0 Å². The number of carboxylic acid groups (broad SMARTS) is 1. The van der Waals surface area contributed by atoms with E-state index < -0.39 is 5.97 Å². The molecule has 5 rings (SSSR count). The minimum Gasteiger partial charge on any atom is -0.494 e. The number of H-pyrrole nitrogens is 1. The lowest BCUT2D eigenvalue weighted by Gasteiger charge is -2.33. The van der Waals surface area contributed by atoms with Crippen LogP contribution in [0.5, 0.6) is 5.88 Å². The number of piperazine rings is 1. The highest BCUT2D eigenvalue weighted by molar-refractivity contribution is 6.22. The number of carbonyl (C=O) groups is 1. The zero-order valence-corrected chi connectivity index (χ0v) is 21.6. The maximum absolute atomic E-state index is 11.4. The van der Waals surface area contributed by atoms with Crippen molar-refractivity contribution in [3.63, 3.8) is 0 Å². The van der Waals surface area contributed by atoms with Gasteiger partial charge in [-0.1, -0.05) is 30.3 Å². The quantitative estimate of drug-likeness (QED) is 0.308. The fourth-order valence-electron chi connectivity index (χ4n) is 4.70. The van der Waals surface area contributed by atoms with Gasteiger partial charge >= 0.3 is 5.97 Å². The Hall–Kier alpha value is -4.21. The van der Waals surface area contributed by atoms with Crippen molar-refractivity contribution in [1.82, 2.24) is 19.8 Å². The number of aliphatic imine (C=N–C) groups is 1. The summed E-state index contributed by atoms with van der Waals surface area (Å²) in [6, 6.07) is 19.1. The summed E-state index contributed by atoms with van der Waals surface area (Å²) in [6.45, 7) is 6.41. The molecule has 1 fully saturated rings. The van der Waals surface area contributed by atoms with Gasteiger partial charge in [0.05, 0.1) is 22.5 Å². The molecule has 0 aliphatic carbocycles. The molecule has 0 atom stereocenters. The number of nitrogens with zero attached hydrogens (tertiary/aromatic N) is 5. The lowest BCUT2D eigenvalue weighted by molar-refractivity contribution is 0.0690. The maximum atomic E-state index is 11.4. The molecule has 9 nitrogen and oxygen atoms in total. The van der Waals surface area contributed by atoms with Gasteiger partial charge in [-0.25, -0.2) is 14.8 Å². The number of pyridine rings is 1. The molecule has 4 aromatic rings. The number of rotatable bonds is 8. The third-order valence-corrected chi connectivity index (χ3v) is 7.05. The third-order valence-electron chi connectivity index (χ3n) is 7.05. The van der Waals surface area contributed by atoms with Crippen LogP contribution in [0.3, 0.4) is 0 Å². The fourth-order valence-corrected chi connectivity index (χ4v) is 4.70. The molecule has 3 N–H and O–H groups in total. The van der Waals surface area contributed by atoms with E-state index in [-0.39, 0.29) is 11.6 Å². The number of aromatic nitrogens is 2. The molecule has 3 heterocycles. The number of aromatic hydroxyl groups is 1. The highest BCUT2D eigenvalue weighted by Gasteiger charge is 2.20. The zero-order chi connectivity index (χ0) is 26.6. The molecule has 0 saturated carbocycles. The summed E-state index contributed by atoms with van der Waals surface area (Å²) in [4.78, 5) is 30.4. The van der Waals surface area contributed by atoms with Crippen LogP contribution in [0.15, 0.2) is 71.9 Å². The van der Waals surface area contributed by atoms with E-state index in [0.29, 0.717) is 22.2 Å². The van der Waals surface area contributed by atoms with Crippen LogP contribution in [-0.2, 0) is 0 Å². The van der Waals surface area contributed by atoms with Crippen LogP contribution in [0.2, 0.25) is 0 Å². The molecule has 0 amide bonds. The summed E-state index contributed by atoms with van der Waals surface area (Å²) >= 11 is 0. The first kappa shape index (κ1) is 25.4. The fraction of sp³-hybridized carbons (Fsp3) is 0.276. The molecule has 2 aromatic carbocycles. The summed E-state index contributed by atoms with van der Waals surface area (Å²) in [6.07, 6.45) is 1.46. The molecule has 9 heteroatoms. The van der Waals surface area contributed by atoms with Crippen LogP contribution in [0.4, 0.5) is 11.4 Å².